The second-order valence-electron chi connectivity index (χ2n) is 15.2. The Morgan fingerprint density at radius 1 is 0.625 bits per heavy atom. The Labute approximate surface area is 374 Å². The summed E-state index contributed by atoms with van der Waals surface area (Å²) in [6.07, 6.45) is 4.01. The van der Waals surface area contributed by atoms with Gasteiger partial charge in [-0.25, -0.2) is 37.1 Å². The Hall–Kier alpha value is -6.78. The summed E-state index contributed by atoms with van der Waals surface area (Å²) in [7, 11) is -0.770. The number of hydrogen-bond acceptors (Lipinski definition) is 11. The second-order valence-corrected chi connectivity index (χ2v) is 18.1. The fraction of sp³-hybridized carbons (Fsp3) is 0.208. The summed E-state index contributed by atoms with van der Waals surface area (Å²) in [6.45, 7) is 8.07. The third-order valence-electron chi connectivity index (χ3n) is 10.2. The van der Waals surface area contributed by atoms with Gasteiger partial charge in [-0.15, -0.1) is 10.2 Å². The van der Waals surface area contributed by atoms with E-state index in [1.807, 2.05) is 56.3 Å². The molecule has 4 heterocycles. The molecule has 16 heteroatoms. The molecule has 0 aliphatic heterocycles. The number of methoxy groups -OCH3 is 2. The predicted molar refractivity (Wildman–Crippen MR) is 241 cm³/mol. The van der Waals surface area contributed by atoms with E-state index in [9.17, 15) is 17.2 Å². The van der Waals surface area contributed by atoms with Crippen LogP contribution in [0.4, 0.5) is 8.78 Å². The second kappa shape index (κ2) is 20.2. The maximum absolute atomic E-state index is 14.6. The van der Waals surface area contributed by atoms with Gasteiger partial charge in [-0.2, -0.15) is 0 Å². The minimum absolute atomic E-state index is 0.0219. The van der Waals surface area contributed by atoms with Gasteiger partial charge in [-0.3, -0.25) is 10.2 Å². The van der Waals surface area contributed by atoms with Crippen LogP contribution in [-0.4, -0.2) is 63.0 Å². The Balaban J connectivity index is 0.000000192. The average Bonchev–Trinajstić information content (AvgIpc) is 3.98. The van der Waals surface area contributed by atoms with Crippen molar-refractivity contribution in [2.24, 2.45) is 0 Å². The van der Waals surface area contributed by atoms with Crippen LogP contribution in [0.1, 0.15) is 73.4 Å². The van der Waals surface area contributed by atoms with Gasteiger partial charge in [0.05, 0.1) is 19.1 Å². The number of ether oxygens (including phenoxy) is 2. The van der Waals surface area contributed by atoms with Crippen molar-refractivity contribution < 1.29 is 26.7 Å². The molecular weight excluding hydrogens is 855 g/mol. The van der Waals surface area contributed by atoms with E-state index in [-0.39, 0.29) is 39.9 Å². The predicted octanol–water partition coefficient (Wildman–Crippen LogP) is 10.4. The van der Waals surface area contributed by atoms with E-state index < -0.39 is 9.84 Å². The van der Waals surface area contributed by atoms with Gasteiger partial charge in [0.15, 0.2) is 0 Å². The Morgan fingerprint density at radius 2 is 1.11 bits per heavy atom. The third-order valence-corrected chi connectivity index (χ3v) is 12.6. The number of aromatic nitrogens is 8. The number of halogens is 2. The minimum Gasteiger partial charge on any atom is -0.481 e. The van der Waals surface area contributed by atoms with Crippen molar-refractivity contribution >= 4 is 21.6 Å². The van der Waals surface area contributed by atoms with Gasteiger partial charge >= 0.3 is 0 Å². The molecule has 0 saturated carbocycles. The molecule has 0 bridgehead atoms. The number of aromatic amines is 2. The summed E-state index contributed by atoms with van der Waals surface area (Å²) in [5.74, 6) is 1.52. The fourth-order valence-corrected chi connectivity index (χ4v) is 9.02. The summed E-state index contributed by atoms with van der Waals surface area (Å²) in [5, 5.41) is 14.4. The molecule has 2 N–H and O–H groups in total. The molecule has 0 fully saturated rings. The zero-order valence-corrected chi connectivity index (χ0v) is 37.6. The Bertz CT molecular complexity index is 2960. The smallest absolute Gasteiger partial charge is 0.271 e. The van der Waals surface area contributed by atoms with Gasteiger partial charge < -0.3 is 9.47 Å². The molecule has 0 radical (unpaired) electrons. The highest BCUT2D eigenvalue weighted by Gasteiger charge is 2.25. The molecular formula is C48H46F2N8O4S2. The fourth-order valence-electron chi connectivity index (χ4n) is 7.15. The van der Waals surface area contributed by atoms with Crippen molar-refractivity contribution in [3.05, 3.63) is 167 Å². The van der Waals surface area contributed by atoms with Gasteiger partial charge in [0.25, 0.3) is 5.16 Å². The summed E-state index contributed by atoms with van der Waals surface area (Å²) in [6, 6.07) is 31.3. The van der Waals surface area contributed by atoms with Gasteiger partial charge in [-0.05, 0) is 129 Å². The molecule has 8 rings (SSSR count). The van der Waals surface area contributed by atoms with Crippen LogP contribution in [0.3, 0.4) is 0 Å². The number of pyridine rings is 2. The van der Waals surface area contributed by atoms with E-state index >= 15 is 0 Å². The third kappa shape index (κ3) is 10.7. The summed E-state index contributed by atoms with van der Waals surface area (Å²) in [5.41, 5.74) is 6.61. The van der Waals surface area contributed by atoms with Crippen LogP contribution >= 0.6 is 11.8 Å². The van der Waals surface area contributed by atoms with Crippen LogP contribution in [0.2, 0.25) is 0 Å². The number of sulfone groups is 1. The quantitative estimate of drug-likeness (QED) is 0.107. The molecule has 0 amide bonds. The van der Waals surface area contributed by atoms with Gasteiger partial charge in [-0.1, -0.05) is 64.1 Å². The Kier molecular flexibility index (Phi) is 14.3. The molecule has 4 aromatic heterocycles. The van der Waals surface area contributed by atoms with E-state index in [0.717, 1.165) is 49.7 Å². The van der Waals surface area contributed by atoms with E-state index in [1.165, 1.54) is 43.1 Å². The van der Waals surface area contributed by atoms with E-state index in [2.05, 4.69) is 54.2 Å². The van der Waals surface area contributed by atoms with Gasteiger partial charge in [0.2, 0.25) is 26.8 Å². The maximum Gasteiger partial charge on any atom is 0.271 e. The topological polar surface area (TPSA) is 162 Å². The molecule has 0 spiro atoms. The average molecular weight is 901 g/mol. The van der Waals surface area contributed by atoms with Crippen LogP contribution in [0.25, 0.3) is 22.3 Å². The lowest BCUT2D eigenvalue weighted by atomic mass is 9.88. The van der Waals surface area contributed by atoms with Crippen molar-refractivity contribution in [3.8, 4) is 34.0 Å². The van der Waals surface area contributed by atoms with E-state index in [4.69, 9.17) is 9.47 Å². The van der Waals surface area contributed by atoms with E-state index in [0.29, 0.717) is 34.7 Å². The molecule has 12 nitrogen and oxygen atoms in total. The van der Waals surface area contributed by atoms with Crippen LogP contribution < -0.4 is 9.47 Å². The Morgan fingerprint density at radius 3 is 1.61 bits per heavy atom. The number of hydrogen-bond donors (Lipinski definition) is 2. The highest BCUT2D eigenvalue weighted by Crippen LogP contribution is 2.36. The molecule has 0 aliphatic rings. The molecule has 64 heavy (non-hydrogen) atoms. The standard InChI is InChI=1S/C24H23FN4O3S.C24H23FN4OS/c1-15(2)19-12-17(25)13-20(16-9-10-26-23(11-16)32-3)21(19)14-22-27-24(29-28-22)33(30,31)18-7-5-4-6-8-18;1-15(2)19-12-17(25)13-20(16-9-10-26-23(11-16)30-3)21(19)14-22-27-24(29-28-22)31-18-7-5-4-6-8-18/h4-13,15H,14H2,1-3H3,(H,27,28,29);4-13,15H,14H2,1-3H3,(H,27,28,29). The normalized spacial score (nSPS) is 11.4. The van der Waals surface area contributed by atoms with Crippen molar-refractivity contribution in [1.29, 1.82) is 0 Å². The summed E-state index contributed by atoms with van der Waals surface area (Å²) in [4.78, 5) is 18.4. The lowest BCUT2D eigenvalue weighted by Crippen LogP contribution is -2.05. The van der Waals surface area contributed by atoms with Crippen molar-refractivity contribution in [3.63, 3.8) is 0 Å². The number of rotatable bonds is 14. The highest BCUT2D eigenvalue weighted by molar-refractivity contribution is 7.99. The first-order valence-corrected chi connectivity index (χ1v) is 22.6. The monoisotopic (exact) mass is 900 g/mol. The van der Waals surface area contributed by atoms with Crippen molar-refractivity contribution in [1.82, 2.24) is 40.3 Å². The lowest BCUT2D eigenvalue weighted by Gasteiger charge is -2.18. The number of H-pyrrole nitrogens is 2. The lowest BCUT2D eigenvalue weighted by molar-refractivity contribution is 0.398. The molecule has 0 unspecified atom stereocenters. The van der Waals surface area contributed by atoms with Crippen molar-refractivity contribution in [2.75, 3.05) is 14.2 Å². The zero-order valence-electron chi connectivity index (χ0n) is 36.0. The number of nitrogens with one attached hydrogen (secondary N) is 2. The first kappa shape index (κ1) is 45.3. The molecule has 0 saturated heterocycles. The molecule has 0 aliphatic carbocycles. The first-order valence-electron chi connectivity index (χ1n) is 20.3. The number of benzene rings is 4. The maximum atomic E-state index is 14.6. The highest BCUT2D eigenvalue weighted by atomic mass is 32.2. The molecule has 4 aromatic carbocycles. The number of nitrogens with zero attached hydrogens (tertiary/aromatic N) is 6. The van der Waals surface area contributed by atoms with Crippen LogP contribution in [0.15, 0.2) is 142 Å². The van der Waals surface area contributed by atoms with Crippen LogP contribution in [-0.2, 0) is 22.7 Å². The molecule has 0 atom stereocenters. The van der Waals surface area contributed by atoms with Gasteiger partial charge in [0, 0.05) is 42.3 Å². The van der Waals surface area contributed by atoms with E-state index in [1.54, 1.807) is 62.0 Å². The first-order chi connectivity index (χ1) is 30.8. The van der Waals surface area contributed by atoms with Crippen LogP contribution in [0.5, 0.6) is 11.8 Å². The molecule has 328 valence electrons. The minimum atomic E-state index is -3.85. The SMILES string of the molecule is COc1cc(-c2cc(F)cc(C(C)C)c2Cc2nc(S(=O)(=O)c3ccccc3)n[nH]2)ccn1.COc1cc(-c2cc(F)cc(C(C)C)c2Cc2nc(Sc3ccccc3)n[nH]2)ccn1. The van der Waals surface area contributed by atoms with Gasteiger partial charge in [0.1, 0.15) is 23.3 Å². The summed E-state index contributed by atoms with van der Waals surface area (Å²) < 4.78 is 65.3. The summed E-state index contributed by atoms with van der Waals surface area (Å²) >= 11 is 1.50. The van der Waals surface area contributed by atoms with Crippen molar-refractivity contribution in [2.45, 2.75) is 72.5 Å². The largest absolute Gasteiger partial charge is 0.481 e. The van der Waals surface area contributed by atoms with Crippen LogP contribution in [0, 0.1) is 11.6 Å². The zero-order chi connectivity index (χ0) is 45.4. The molecule has 8 aromatic rings.